The van der Waals surface area contributed by atoms with Crippen molar-refractivity contribution in [3.8, 4) is 0 Å². The first-order valence-corrected chi connectivity index (χ1v) is 7.73. The average molecular weight is 341 g/mol. The summed E-state index contributed by atoms with van der Waals surface area (Å²) in [4.78, 5) is 26.5. The van der Waals surface area contributed by atoms with Crippen molar-refractivity contribution in [1.29, 1.82) is 0 Å². The van der Waals surface area contributed by atoms with Crippen molar-refractivity contribution >= 4 is 46.0 Å². The van der Waals surface area contributed by atoms with Crippen molar-refractivity contribution in [2.75, 3.05) is 0 Å². The van der Waals surface area contributed by atoms with E-state index < -0.39 is 17.8 Å². The lowest BCUT2D eigenvalue weighted by atomic mass is 10.0. The number of hydrogen-bond acceptors (Lipinski definition) is 2. The lowest BCUT2D eigenvalue weighted by Crippen LogP contribution is -2.40. The number of H-pyrrole nitrogens is 1. The quantitative estimate of drug-likeness (QED) is 0.800. The second-order valence-corrected chi connectivity index (χ2v) is 6.27. The summed E-state index contributed by atoms with van der Waals surface area (Å²) < 4.78 is 0. The van der Waals surface area contributed by atoms with Gasteiger partial charge in [-0.2, -0.15) is 0 Å². The molecule has 1 amide bonds. The van der Waals surface area contributed by atoms with Crippen LogP contribution in [0.5, 0.6) is 0 Å². The maximum Gasteiger partial charge on any atom is 0.308 e. The van der Waals surface area contributed by atoms with Gasteiger partial charge in [0.1, 0.15) is 5.69 Å². The topological polar surface area (TPSA) is 82.2 Å². The molecule has 1 aromatic carbocycles. The summed E-state index contributed by atoms with van der Waals surface area (Å²) in [5.41, 5.74) is 0.940. The summed E-state index contributed by atoms with van der Waals surface area (Å²) in [5.74, 6) is -1.81. The van der Waals surface area contributed by atoms with Gasteiger partial charge in [0, 0.05) is 22.0 Å². The number of amides is 1. The Kier molecular flexibility index (Phi) is 4.02. The van der Waals surface area contributed by atoms with Gasteiger partial charge in [-0.15, -0.1) is 0 Å². The number of fused-ring (bicyclic) bond motifs is 1. The molecule has 3 N–H and O–H groups in total. The first-order valence-electron chi connectivity index (χ1n) is 6.98. The fourth-order valence-corrected chi connectivity index (χ4v) is 3.42. The SMILES string of the molecule is O=C(N[C@H]1CCC[C@H]1C(=O)O)c1[nH]c2ccc(Cl)cc2c1Cl. The minimum absolute atomic E-state index is 0.231. The number of carbonyl (C=O) groups is 2. The van der Waals surface area contributed by atoms with Crippen LogP contribution in [0.3, 0.4) is 0 Å². The smallest absolute Gasteiger partial charge is 0.308 e. The molecule has 1 fully saturated rings. The highest BCUT2D eigenvalue weighted by atomic mass is 35.5. The summed E-state index contributed by atoms with van der Waals surface area (Å²) in [7, 11) is 0. The Balaban J connectivity index is 1.86. The van der Waals surface area contributed by atoms with Crippen LogP contribution in [0.1, 0.15) is 29.8 Å². The molecule has 2 atom stereocenters. The molecule has 0 spiro atoms. The highest BCUT2D eigenvalue weighted by Crippen LogP contribution is 2.31. The van der Waals surface area contributed by atoms with Crippen molar-refractivity contribution in [1.82, 2.24) is 10.3 Å². The van der Waals surface area contributed by atoms with E-state index in [-0.39, 0.29) is 11.7 Å². The number of benzene rings is 1. The van der Waals surface area contributed by atoms with E-state index in [0.29, 0.717) is 33.8 Å². The highest BCUT2D eigenvalue weighted by Gasteiger charge is 2.34. The van der Waals surface area contributed by atoms with Gasteiger partial charge in [0.05, 0.1) is 10.9 Å². The third-order valence-electron chi connectivity index (χ3n) is 4.07. The molecule has 2 aromatic rings. The Hall–Kier alpha value is -1.72. The van der Waals surface area contributed by atoms with E-state index in [2.05, 4.69) is 10.3 Å². The molecule has 0 radical (unpaired) electrons. The molecule has 1 heterocycles. The van der Waals surface area contributed by atoms with E-state index in [4.69, 9.17) is 28.3 Å². The van der Waals surface area contributed by atoms with Crippen LogP contribution < -0.4 is 5.32 Å². The van der Waals surface area contributed by atoms with Crippen LogP contribution >= 0.6 is 23.2 Å². The second-order valence-electron chi connectivity index (χ2n) is 5.46. The van der Waals surface area contributed by atoms with Gasteiger partial charge in [0.25, 0.3) is 5.91 Å². The largest absolute Gasteiger partial charge is 0.481 e. The standard InChI is InChI=1S/C15H14Cl2N2O3/c16-7-4-5-11-9(6-7)12(17)13(18-11)14(20)19-10-3-1-2-8(10)15(21)22/h4-6,8,10,18H,1-3H2,(H,19,20)(H,21,22)/t8-,10+/m1/s1. The first-order chi connectivity index (χ1) is 10.5. The second kappa shape index (κ2) is 5.82. The van der Waals surface area contributed by atoms with Gasteiger partial charge in [0.15, 0.2) is 0 Å². The predicted octanol–water partition coefficient (Wildman–Crippen LogP) is 3.46. The van der Waals surface area contributed by atoms with Gasteiger partial charge in [-0.25, -0.2) is 0 Å². The molecule has 22 heavy (non-hydrogen) atoms. The molecule has 1 aromatic heterocycles. The van der Waals surface area contributed by atoms with E-state index in [1.54, 1.807) is 18.2 Å². The molecule has 0 unspecified atom stereocenters. The van der Waals surface area contributed by atoms with Crippen molar-refractivity contribution in [2.45, 2.75) is 25.3 Å². The van der Waals surface area contributed by atoms with Crippen molar-refractivity contribution in [3.05, 3.63) is 33.9 Å². The number of carbonyl (C=O) groups excluding carboxylic acids is 1. The number of halogens is 2. The average Bonchev–Trinajstić information content (AvgIpc) is 3.04. The molecule has 7 heteroatoms. The van der Waals surface area contributed by atoms with Crippen molar-refractivity contribution in [2.24, 2.45) is 5.92 Å². The Bertz CT molecular complexity index is 757. The number of carboxylic acid groups (broad SMARTS) is 1. The zero-order valence-electron chi connectivity index (χ0n) is 11.5. The van der Waals surface area contributed by atoms with E-state index in [0.717, 1.165) is 6.42 Å². The van der Waals surface area contributed by atoms with Gasteiger partial charge < -0.3 is 15.4 Å². The van der Waals surface area contributed by atoms with E-state index in [1.807, 2.05) is 0 Å². The van der Waals surface area contributed by atoms with Crippen LogP contribution in [0.25, 0.3) is 10.9 Å². The molecular weight excluding hydrogens is 327 g/mol. The zero-order chi connectivity index (χ0) is 15.9. The minimum Gasteiger partial charge on any atom is -0.481 e. The number of rotatable bonds is 3. The van der Waals surface area contributed by atoms with Crippen LogP contribution in [-0.2, 0) is 4.79 Å². The number of aromatic nitrogens is 1. The van der Waals surface area contributed by atoms with Gasteiger partial charge in [-0.05, 0) is 31.0 Å². The number of aromatic amines is 1. The van der Waals surface area contributed by atoms with Crippen molar-refractivity contribution in [3.63, 3.8) is 0 Å². The van der Waals surface area contributed by atoms with Crippen LogP contribution in [0.15, 0.2) is 18.2 Å². The molecule has 1 saturated carbocycles. The number of hydrogen-bond donors (Lipinski definition) is 3. The number of nitrogens with one attached hydrogen (secondary N) is 2. The van der Waals surface area contributed by atoms with Gasteiger partial charge >= 0.3 is 5.97 Å². The summed E-state index contributed by atoms with van der Waals surface area (Å²) in [6.45, 7) is 0. The molecule has 1 aliphatic rings. The van der Waals surface area contributed by atoms with E-state index in [9.17, 15) is 9.59 Å². The van der Waals surface area contributed by atoms with Crippen LogP contribution in [0, 0.1) is 5.92 Å². The Morgan fingerprint density at radius 2 is 2.05 bits per heavy atom. The summed E-state index contributed by atoms with van der Waals surface area (Å²) in [6.07, 6.45) is 2.03. The molecule has 116 valence electrons. The Morgan fingerprint density at radius 3 is 2.77 bits per heavy atom. The summed E-state index contributed by atoms with van der Waals surface area (Å²) in [5, 5.41) is 13.4. The fourth-order valence-electron chi connectivity index (χ4n) is 2.96. The first kappa shape index (κ1) is 15.2. The lowest BCUT2D eigenvalue weighted by Gasteiger charge is -2.17. The molecule has 0 saturated heterocycles. The molecular formula is C15H14Cl2N2O3. The maximum atomic E-state index is 12.4. The van der Waals surface area contributed by atoms with Crippen LogP contribution in [-0.4, -0.2) is 28.0 Å². The minimum atomic E-state index is -0.877. The third-order valence-corrected chi connectivity index (χ3v) is 4.70. The monoisotopic (exact) mass is 340 g/mol. The van der Waals surface area contributed by atoms with Gasteiger partial charge in [0.2, 0.25) is 0 Å². The number of carboxylic acids is 1. The lowest BCUT2D eigenvalue weighted by molar-refractivity contribution is -0.142. The molecule has 5 nitrogen and oxygen atoms in total. The van der Waals surface area contributed by atoms with Crippen LogP contribution in [0.4, 0.5) is 0 Å². The van der Waals surface area contributed by atoms with E-state index >= 15 is 0 Å². The molecule has 0 bridgehead atoms. The number of aliphatic carboxylic acids is 1. The molecule has 3 rings (SSSR count). The highest BCUT2D eigenvalue weighted by molar-refractivity contribution is 6.39. The van der Waals surface area contributed by atoms with Gasteiger partial charge in [-0.1, -0.05) is 29.6 Å². The fraction of sp³-hybridized carbons (Fsp3) is 0.333. The predicted molar refractivity (Wildman–Crippen MR) is 84.5 cm³/mol. The molecule has 1 aliphatic carbocycles. The van der Waals surface area contributed by atoms with Crippen LogP contribution in [0.2, 0.25) is 10.0 Å². The summed E-state index contributed by atoms with van der Waals surface area (Å²) in [6, 6.07) is 4.77. The zero-order valence-corrected chi connectivity index (χ0v) is 13.0. The normalized spacial score (nSPS) is 21.2. The van der Waals surface area contributed by atoms with Gasteiger partial charge in [-0.3, -0.25) is 9.59 Å². The Labute approximate surface area is 136 Å². The molecule has 0 aliphatic heterocycles. The third kappa shape index (κ3) is 2.66. The van der Waals surface area contributed by atoms with E-state index in [1.165, 1.54) is 0 Å². The summed E-state index contributed by atoms with van der Waals surface area (Å²) >= 11 is 12.2. The van der Waals surface area contributed by atoms with Crippen molar-refractivity contribution < 1.29 is 14.7 Å². The Morgan fingerprint density at radius 1 is 1.27 bits per heavy atom. The maximum absolute atomic E-state index is 12.4.